The Balaban J connectivity index is 2.93. The molecule has 0 amide bonds. The van der Waals surface area contributed by atoms with Gasteiger partial charge in [-0.15, -0.1) is 0 Å². The molecule has 7 heteroatoms. The zero-order valence-electron chi connectivity index (χ0n) is 8.89. The van der Waals surface area contributed by atoms with Gasteiger partial charge in [-0.3, -0.25) is 9.36 Å². The molecule has 6 nitrogen and oxygen atoms in total. The minimum Gasteiger partial charge on any atom is -0.347 e. The molecule has 0 aromatic rings. The van der Waals surface area contributed by atoms with Crippen molar-refractivity contribution < 1.29 is 28.6 Å². The van der Waals surface area contributed by atoms with E-state index < -0.39 is 30.9 Å². The monoisotopic (exact) mass is 238 g/mol. The van der Waals surface area contributed by atoms with Crippen molar-refractivity contribution in [3.05, 3.63) is 0 Å². The second-order valence-electron chi connectivity index (χ2n) is 4.16. The SMILES string of the molecule is CC(=O)C1(CP(=O)(O)O)COC(C)(C)O1. The molecule has 0 aliphatic carbocycles. The lowest BCUT2D eigenvalue weighted by Crippen LogP contribution is -2.44. The molecule has 1 fully saturated rings. The molecule has 1 unspecified atom stereocenters. The fraction of sp³-hybridized carbons (Fsp3) is 0.875. The number of ketones is 1. The normalized spacial score (nSPS) is 30.5. The Hall–Kier alpha value is -0.260. The predicted octanol–water partition coefficient (Wildman–Crippen LogP) is 0.275. The second kappa shape index (κ2) is 3.64. The van der Waals surface area contributed by atoms with Gasteiger partial charge in [0.15, 0.2) is 17.2 Å². The van der Waals surface area contributed by atoms with Crippen molar-refractivity contribution in [1.29, 1.82) is 0 Å². The van der Waals surface area contributed by atoms with Gasteiger partial charge >= 0.3 is 7.60 Å². The van der Waals surface area contributed by atoms with Gasteiger partial charge in [-0.05, 0) is 20.8 Å². The van der Waals surface area contributed by atoms with Gasteiger partial charge in [-0.2, -0.15) is 0 Å². The van der Waals surface area contributed by atoms with Crippen molar-refractivity contribution in [3.63, 3.8) is 0 Å². The van der Waals surface area contributed by atoms with Crippen LogP contribution in [0.15, 0.2) is 0 Å². The molecule has 1 rings (SSSR count). The first-order valence-electron chi connectivity index (χ1n) is 4.46. The molecule has 0 radical (unpaired) electrons. The Bertz CT molecular complexity index is 319. The number of Topliss-reactive ketones (excluding diaryl/α,β-unsaturated/α-hetero) is 1. The van der Waals surface area contributed by atoms with E-state index in [-0.39, 0.29) is 6.61 Å². The molecule has 1 aliphatic heterocycles. The third-order valence-electron chi connectivity index (χ3n) is 2.20. The summed E-state index contributed by atoms with van der Waals surface area (Å²) in [6.07, 6.45) is -0.640. The number of hydrogen-bond acceptors (Lipinski definition) is 4. The molecular weight excluding hydrogens is 223 g/mol. The fourth-order valence-corrected chi connectivity index (χ4v) is 2.56. The molecule has 88 valence electrons. The quantitative estimate of drug-likeness (QED) is 0.686. The van der Waals surface area contributed by atoms with Gasteiger partial charge in [0.1, 0.15) is 0 Å². The molecule has 0 aromatic heterocycles. The highest BCUT2D eigenvalue weighted by Gasteiger charge is 2.52. The number of rotatable bonds is 3. The van der Waals surface area contributed by atoms with Crippen LogP contribution >= 0.6 is 7.60 Å². The van der Waals surface area contributed by atoms with Gasteiger partial charge in [0.2, 0.25) is 0 Å². The highest BCUT2D eigenvalue weighted by molar-refractivity contribution is 7.51. The summed E-state index contributed by atoms with van der Waals surface area (Å²) in [5.74, 6) is -1.42. The van der Waals surface area contributed by atoms with E-state index >= 15 is 0 Å². The summed E-state index contributed by atoms with van der Waals surface area (Å²) in [5.41, 5.74) is -1.51. The summed E-state index contributed by atoms with van der Waals surface area (Å²) in [5, 5.41) is 0. The summed E-state index contributed by atoms with van der Waals surface area (Å²) in [6, 6.07) is 0. The zero-order chi connectivity index (χ0) is 11.9. The molecule has 0 aromatic carbocycles. The zero-order valence-corrected chi connectivity index (χ0v) is 9.78. The summed E-state index contributed by atoms with van der Waals surface area (Å²) >= 11 is 0. The average Bonchev–Trinajstić information content (AvgIpc) is 2.23. The third-order valence-corrected chi connectivity index (χ3v) is 3.12. The molecule has 0 spiro atoms. The molecule has 1 aliphatic rings. The average molecular weight is 238 g/mol. The van der Waals surface area contributed by atoms with Crippen LogP contribution in [0.2, 0.25) is 0 Å². The van der Waals surface area contributed by atoms with Crippen LogP contribution in [-0.4, -0.2) is 39.7 Å². The Labute approximate surface area is 87.7 Å². The predicted molar refractivity (Wildman–Crippen MR) is 51.4 cm³/mol. The lowest BCUT2D eigenvalue weighted by atomic mass is 10.0. The van der Waals surface area contributed by atoms with Crippen molar-refractivity contribution in [3.8, 4) is 0 Å². The lowest BCUT2D eigenvalue weighted by Gasteiger charge is -2.26. The number of carbonyl (C=O) groups is 1. The molecule has 1 atom stereocenters. The molecule has 2 N–H and O–H groups in total. The Morgan fingerprint density at radius 1 is 1.47 bits per heavy atom. The third kappa shape index (κ3) is 3.09. The first-order valence-corrected chi connectivity index (χ1v) is 6.26. The molecular formula is C8H15O6P. The van der Waals surface area contributed by atoms with Gasteiger partial charge in [-0.25, -0.2) is 0 Å². The van der Waals surface area contributed by atoms with Crippen LogP contribution in [0.3, 0.4) is 0 Å². The second-order valence-corrected chi connectivity index (χ2v) is 5.81. The van der Waals surface area contributed by atoms with Crippen molar-refractivity contribution in [2.24, 2.45) is 0 Å². The molecule has 1 heterocycles. The van der Waals surface area contributed by atoms with E-state index in [2.05, 4.69) is 0 Å². The Kier molecular flexibility index (Phi) is 3.11. The standard InChI is InChI=1S/C8H15O6P/c1-6(9)8(5-15(10,11)12)4-13-7(2,3)14-8/h4-5H2,1-3H3,(H2,10,11,12). The van der Waals surface area contributed by atoms with E-state index in [1.54, 1.807) is 13.8 Å². The van der Waals surface area contributed by atoms with Crippen LogP contribution in [-0.2, 0) is 18.8 Å². The smallest absolute Gasteiger partial charge is 0.329 e. The summed E-state index contributed by atoms with van der Waals surface area (Å²) < 4.78 is 21.4. The van der Waals surface area contributed by atoms with Crippen LogP contribution in [0.25, 0.3) is 0 Å². The maximum atomic E-state index is 11.4. The lowest BCUT2D eigenvalue weighted by molar-refractivity contribution is -0.167. The number of ether oxygens (including phenoxy) is 2. The first-order chi connectivity index (χ1) is 6.56. The Morgan fingerprint density at radius 3 is 2.27 bits per heavy atom. The minimum atomic E-state index is -4.32. The van der Waals surface area contributed by atoms with E-state index in [0.29, 0.717) is 0 Å². The summed E-state index contributed by atoms with van der Waals surface area (Å²) in [6.45, 7) is 4.30. The van der Waals surface area contributed by atoms with E-state index in [1.165, 1.54) is 6.92 Å². The van der Waals surface area contributed by atoms with Crippen LogP contribution in [0, 0.1) is 0 Å². The summed E-state index contributed by atoms with van der Waals surface area (Å²) in [7, 11) is -4.32. The maximum Gasteiger partial charge on any atom is 0.329 e. The van der Waals surface area contributed by atoms with E-state index in [4.69, 9.17) is 19.3 Å². The topological polar surface area (TPSA) is 93.1 Å². The van der Waals surface area contributed by atoms with Crippen molar-refractivity contribution in [2.45, 2.75) is 32.2 Å². The highest BCUT2D eigenvalue weighted by Crippen LogP contribution is 2.44. The van der Waals surface area contributed by atoms with Crippen LogP contribution in [0.4, 0.5) is 0 Å². The van der Waals surface area contributed by atoms with Gasteiger partial charge in [-0.1, -0.05) is 0 Å². The van der Waals surface area contributed by atoms with Crippen molar-refractivity contribution >= 4 is 13.4 Å². The number of carbonyl (C=O) groups excluding carboxylic acids is 1. The molecule has 1 saturated heterocycles. The van der Waals surface area contributed by atoms with Crippen LogP contribution < -0.4 is 0 Å². The molecule has 0 bridgehead atoms. The van der Waals surface area contributed by atoms with E-state index in [1.807, 2.05) is 0 Å². The van der Waals surface area contributed by atoms with Gasteiger partial charge in [0, 0.05) is 0 Å². The van der Waals surface area contributed by atoms with Crippen LogP contribution in [0.5, 0.6) is 0 Å². The van der Waals surface area contributed by atoms with Crippen molar-refractivity contribution in [2.75, 3.05) is 12.8 Å². The fourth-order valence-electron chi connectivity index (χ4n) is 1.52. The maximum absolute atomic E-state index is 11.4. The van der Waals surface area contributed by atoms with E-state index in [9.17, 15) is 9.36 Å². The van der Waals surface area contributed by atoms with Crippen molar-refractivity contribution in [1.82, 2.24) is 0 Å². The van der Waals surface area contributed by atoms with Gasteiger partial charge in [0.05, 0.1) is 12.8 Å². The minimum absolute atomic E-state index is 0.125. The molecule has 0 saturated carbocycles. The highest BCUT2D eigenvalue weighted by atomic mass is 31.2. The Morgan fingerprint density at radius 2 is 2.00 bits per heavy atom. The van der Waals surface area contributed by atoms with E-state index in [0.717, 1.165) is 0 Å². The molecule has 15 heavy (non-hydrogen) atoms. The number of hydrogen-bond donors (Lipinski definition) is 2. The summed E-state index contributed by atoms with van der Waals surface area (Å²) in [4.78, 5) is 29.2. The van der Waals surface area contributed by atoms with Gasteiger partial charge < -0.3 is 19.3 Å². The van der Waals surface area contributed by atoms with Gasteiger partial charge in [0.25, 0.3) is 0 Å². The first kappa shape index (κ1) is 12.8. The largest absolute Gasteiger partial charge is 0.347 e. The van der Waals surface area contributed by atoms with Crippen LogP contribution in [0.1, 0.15) is 20.8 Å².